The summed E-state index contributed by atoms with van der Waals surface area (Å²) >= 11 is 0. The van der Waals surface area contributed by atoms with Gasteiger partial charge in [0.1, 0.15) is 17.4 Å². The Morgan fingerprint density at radius 1 is 1.11 bits per heavy atom. The number of rotatable bonds is 5. The Balaban J connectivity index is 1.68. The van der Waals surface area contributed by atoms with Crippen LogP contribution in [0.4, 0.5) is 0 Å². The molecule has 0 atom stereocenters. The molecule has 1 N–H and O–H groups in total. The Kier molecular flexibility index (Phi) is 4.46. The normalized spacial score (nSPS) is 11.3. The Morgan fingerprint density at radius 3 is 2.50 bits per heavy atom. The van der Waals surface area contributed by atoms with Gasteiger partial charge in [0, 0.05) is 30.2 Å². The highest BCUT2D eigenvalue weighted by molar-refractivity contribution is 5.70. The van der Waals surface area contributed by atoms with Gasteiger partial charge >= 0.3 is 0 Å². The lowest BCUT2D eigenvalue weighted by atomic mass is 10.1. The fraction of sp³-hybridized carbons (Fsp3) is 0.300. The molecule has 0 aliphatic carbocycles. The second-order valence-electron chi connectivity index (χ2n) is 6.76. The van der Waals surface area contributed by atoms with E-state index in [1.165, 1.54) is 4.52 Å². The third-order valence-corrected chi connectivity index (χ3v) is 4.83. The molecule has 0 saturated carbocycles. The first-order valence-electron chi connectivity index (χ1n) is 9.10. The largest absolute Gasteiger partial charge is 0.497 e. The highest BCUT2D eigenvalue weighted by atomic mass is 16.5. The number of H-pyrrole nitrogens is 1. The predicted molar refractivity (Wildman–Crippen MR) is 106 cm³/mol. The molecular formula is C20H22N6O2. The van der Waals surface area contributed by atoms with Crippen molar-refractivity contribution in [3.8, 4) is 17.0 Å². The topological polar surface area (TPSA) is 90.1 Å². The summed E-state index contributed by atoms with van der Waals surface area (Å²) in [6, 6.07) is 9.27. The minimum absolute atomic E-state index is 0.130. The number of aryl methyl sites for hydroxylation is 5. The van der Waals surface area contributed by atoms with E-state index in [2.05, 4.69) is 15.2 Å². The standard InChI is InChI=1S/C20H22N6O2/c1-12-19(15-5-7-17(28-4)8-6-15)24-26-18(27)11-16(22-20(12)26)9-10-25-14(3)21-13(2)23-25/h5-8,11,24H,9-10H2,1-4H3. The first-order valence-corrected chi connectivity index (χ1v) is 9.10. The van der Waals surface area contributed by atoms with Gasteiger partial charge in [0.05, 0.1) is 18.5 Å². The number of nitrogens with one attached hydrogen (secondary N) is 1. The van der Waals surface area contributed by atoms with E-state index >= 15 is 0 Å². The lowest BCUT2D eigenvalue weighted by Crippen LogP contribution is -2.17. The van der Waals surface area contributed by atoms with Crippen molar-refractivity contribution in [2.24, 2.45) is 0 Å². The zero-order valence-corrected chi connectivity index (χ0v) is 16.4. The minimum atomic E-state index is -0.130. The van der Waals surface area contributed by atoms with Crippen LogP contribution in [0.2, 0.25) is 0 Å². The summed E-state index contributed by atoms with van der Waals surface area (Å²) in [7, 11) is 1.64. The second-order valence-corrected chi connectivity index (χ2v) is 6.76. The van der Waals surface area contributed by atoms with Gasteiger partial charge in [0.15, 0.2) is 5.65 Å². The summed E-state index contributed by atoms with van der Waals surface area (Å²) in [6.45, 7) is 6.38. The molecule has 3 aromatic heterocycles. The molecule has 0 aliphatic heterocycles. The maximum absolute atomic E-state index is 12.6. The van der Waals surface area contributed by atoms with Crippen molar-refractivity contribution in [3.63, 3.8) is 0 Å². The molecule has 0 spiro atoms. The molecule has 144 valence electrons. The van der Waals surface area contributed by atoms with E-state index < -0.39 is 0 Å². The van der Waals surface area contributed by atoms with Crippen LogP contribution in [-0.4, -0.2) is 36.5 Å². The number of fused-ring (bicyclic) bond motifs is 1. The molecular weight excluding hydrogens is 356 g/mol. The summed E-state index contributed by atoms with van der Waals surface area (Å²) in [5.74, 6) is 2.38. The summed E-state index contributed by atoms with van der Waals surface area (Å²) in [5.41, 5.74) is 4.01. The third-order valence-electron chi connectivity index (χ3n) is 4.83. The van der Waals surface area contributed by atoms with Crippen molar-refractivity contribution in [1.82, 2.24) is 29.4 Å². The lowest BCUT2D eigenvalue weighted by Gasteiger charge is -2.03. The quantitative estimate of drug-likeness (QED) is 0.576. The molecule has 3 heterocycles. The number of methoxy groups -OCH3 is 1. The van der Waals surface area contributed by atoms with Crippen molar-refractivity contribution in [1.29, 1.82) is 0 Å². The molecule has 0 bridgehead atoms. The summed E-state index contributed by atoms with van der Waals surface area (Å²) in [5, 5.41) is 7.54. The number of benzene rings is 1. The molecule has 28 heavy (non-hydrogen) atoms. The average molecular weight is 378 g/mol. The van der Waals surface area contributed by atoms with Crippen LogP contribution in [0.15, 0.2) is 35.1 Å². The molecule has 0 amide bonds. The maximum atomic E-state index is 12.6. The van der Waals surface area contributed by atoms with E-state index in [1.807, 2.05) is 49.7 Å². The second kappa shape index (κ2) is 6.95. The van der Waals surface area contributed by atoms with Gasteiger partial charge in [0.2, 0.25) is 0 Å². The molecule has 4 aromatic rings. The smallest absolute Gasteiger partial charge is 0.272 e. The highest BCUT2D eigenvalue weighted by Crippen LogP contribution is 2.25. The predicted octanol–water partition coefficient (Wildman–Crippen LogP) is 2.46. The van der Waals surface area contributed by atoms with Crippen molar-refractivity contribution in [2.45, 2.75) is 33.7 Å². The van der Waals surface area contributed by atoms with Crippen LogP contribution < -0.4 is 10.3 Å². The van der Waals surface area contributed by atoms with Gasteiger partial charge in [-0.15, -0.1) is 0 Å². The van der Waals surface area contributed by atoms with Crippen LogP contribution in [-0.2, 0) is 13.0 Å². The first-order chi connectivity index (χ1) is 13.5. The van der Waals surface area contributed by atoms with E-state index in [4.69, 9.17) is 9.72 Å². The fourth-order valence-electron chi connectivity index (χ4n) is 3.36. The summed E-state index contributed by atoms with van der Waals surface area (Å²) in [6.07, 6.45) is 0.609. The molecule has 0 radical (unpaired) electrons. The average Bonchev–Trinajstić information content (AvgIpc) is 3.19. The van der Waals surface area contributed by atoms with Gasteiger partial charge in [0.25, 0.3) is 5.56 Å². The van der Waals surface area contributed by atoms with E-state index in [9.17, 15) is 4.79 Å². The highest BCUT2D eigenvalue weighted by Gasteiger charge is 2.14. The van der Waals surface area contributed by atoms with Crippen LogP contribution in [0.1, 0.15) is 22.9 Å². The Bertz CT molecular complexity index is 1200. The van der Waals surface area contributed by atoms with Crippen LogP contribution in [0, 0.1) is 20.8 Å². The molecule has 8 heteroatoms. The van der Waals surface area contributed by atoms with Crippen LogP contribution in [0.5, 0.6) is 5.75 Å². The van der Waals surface area contributed by atoms with E-state index in [0.717, 1.165) is 39.9 Å². The minimum Gasteiger partial charge on any atom is -0.497 e. The fourth-order valence-corrected chi connectivity index (χ4v) is 3.36. The van der Waals surface area contributed by atoms with Crippen molar-refractivity contribution in [3.05, 3.63) is 63.6 Å². The van der Waals surface area contributed by atoms with Crippen LogP contribution in [0.3, 0.4) is 0 Å². The van der Waals surface area contributed by atoms with Crippen LogP contribution >= 0.6 is 0 Å². The Morgan fingerprint density at radius 2 is 1.86 bits per heavy atom. The molecule has 4 rings (SSSR count). The maximum Gasteiger partial charge on any atom is 0.272 e. The number of aromatic nitrogens is 6. The van der Waals surface area contributed by atoms with Gasteiger partial charge in [-0.2, -0.15) is 5.10 Å². The Hall–Kier alpha value is -3.42. The van der Waals surface area contributed by atoms with Gasteiger partial charge < -0.3 is 4.74 Å². The van der Waals surface area contributed by atoms with Crippen molar-refractivity contribution < 1.29 is 4.74 Å². The Labute approximate surface area is 161 Å². The number of nitrogens with zero attached hydrogens (tertiary/aromatic N) is 5. The van der Waals surface area contributed by atoms with E-state index in [-0.39, 0.29) is 5.56 Å². The van der Waals surface area contributed by atoms with Gasteiger partial charge in [-0.05, 0) is 45.0 Å². The summed E-state index contributed by atoms with van der Waals surface area (Å²) < 4.78 is 8.54. The number of ether oxygens (including phenoxy) is 1. The van der Waals surface area contributed by atoms with Gasteiger partial charge in [-0.25, -0.2) is 19.2 Å². The van der Waals surface area contributed by atoms with Gasteiger partial charge in [-0.1, -0.05) is 0 Å². The zero-order valence-electron chi connectivity index (χ0n) is 16.4. The van der Waals surface area contributed by atoms with Crippen LogP contribution in [0.25, 0.3) is 16.9 Å². The molecule has 8 nitrogen and oxygen atoms in total. The molecule has 1 aromatic carbocycles. The summed E-state index contributed by atoms with van der Waals surface area (Å²) in [4.78, 5) is 21.6. The van der Waals surface area contributed by atoms with Gasteiger partial charge in [-0.3, -0.25) is 9.89 Å². The first kappa shape index (κ1) is 18.0. The monoisotopic (exact) mass is 378 g/mol. The number of aromatic amines is 1. The van der Waals surface area contributed by atoms with E-state index in [1.54, 1.807) is 13.2 Å². The van der Waals surface area contributed by atoms with Crippen molar-refractivity contribution >= 4 is 5.65 Å². The molecule has 0 aliphatic rings. The lowest BCUT2D eigenvalue weighted by molar-refractivity contribution is 0.415. The molecule has 0 fully saturated rings. The van der Waals surface area contributed by atoms with Crippen molar-refractivity contribution in [2.75, 3.05) is 7.11 Å². The molecule has 0 saturated heterocycles. The SMILES string of the molecule is COc1ccc(-c2[nH]n3c(=O)cc(CCn4nc(C)nc4C)nc3c2C)cc1. The van der Waals surface area contributed by atoms with E-state index in [0.29, 0.717) is 18.6 Å². The number of hydrogen-bond acceptors (Lipinski definition) is 5. The number of hydrogen-bond donors (Lipinski definition) is 1. The third kappa shape index (κ3) is 3.17. The molecule has 0 unspecified atom stereocenters. The zero-order chi connectivity index (χ0) is 19.8.